The third-order valence-corrected chi connectivity index (χ3v) is 18.2. The third kappa shape index (κ3) is 6.61. The first-order valence-corrected chi connectivity index (χ1v) is 19.6. The minimum absolute atomic E-state index is 0. The Labute approximate surface area is 292 Å². The predicted octanol–water partition coefficient (Wildman–Crippen LogP) is 4.35. The molecule has 6 rings (SSSR count). The summed E-state index contributed by atoms with van der Waals surface area (Å²) in [5.74, 6) is 0.434. The molecule has 0 spiro atoms. The molecular weight excluding hydrogens is 667 g/mol. The predicted molar refractivity (Wildman–Crippen MR) is 184 cm³/mol. The van der Waals surface area contributed by atoms with Gasteiger partial charge in [-0.3, -0.25) is 0 Å². The Morgan fingerprint density at radius 3 is 1.93 bits per heavy atom. The maximum atomic E-state index is 2.56. The van der Waals surface area contributed by atoms with Crippen molar-refractivity contribution in [3.8, 4) is 11.1 Å². The van der Waals surface area contributed by atoms with Crippen LogP contribution >= 0.6 is 0 Å². The maximum absolute atomic E-state index is 2.71. The van der Waals surface area contributed by atoms with Gasteiger partial charge in [-0.05, 0) is 0 Å². The first-order chi connectivity index (χ1) is 20.4. The molecule has 45 heavy (non-hydrogen) atoms. The molecule has 4 aromatic rings. The quantitative estimate of drug-likeness (QED) is 0.260. The van der Waals surface area contributed by atoms with Crippen molar-refractivity contribution in [3.63, 3.8) is 0 Å². The van der Waals surface area contributed by atoms with Crippen molar-refractivity contribution in [1.82, 2.24) is 0 Å². The Kier molecular flexibility index (Phi) is 10.6. The molecule has 0 heterocycles. The van der Waals surface area contributed by atoms with E-state index in [0.717, 1.165) is 6.42 Å². The van der Waals surface area contributed by atoms with Crippen molar-refractivity contribution in [2.24, 2.45) is 5.92 Å². The van der Waals surface area contributed by atoms with Crippen molar-refractivity contribution in [3.05, 3.63) is 139 Å². The molecule has 0 saturated heterocycles. The van der Waals surface area contributed by atoms with E-state index in [2.05, 4.69) is 159 Å². The molecule has 0 bridgehead atoms. The SMILES string of the molecule is CC1=[C](/[Zr+2](=[C](\C)c2ccccc2)[c]2c(C(C)(C)C)ccc3c2Cc2cc(C(C)(C)C)ccc2-3)C(C)C=C1c1ccccc1.[Cl-].[Cl-]. The van der Waals surface area contributed by atoms with Gasteiger partial charge in [-0.15, -0.1) is 0 Å². The van der Waals surface area contributed by atoms with E-state index in [1.54, 1.807) is 20.9 Å². The number of fused-ring (bicyclic) bond motifs is 3. The summed E-state index contributed by atoms with van der Waals surface area (Å²) in [6.45, 7) is 21.6. The van der Waals surface area contributed by atoms with Gasteiger partial charge in [-0.2, -0.15) is 0 Å². The van der Waals surface area contributed by atoms with E-state index in [1.807, 2.05) is 0 Å². The largest absolute Gasteiger partial charge is 1.00 e. The van der Waals surface area contributed by atoms with Crippen LogP contribution in [0, 0.1) is 5.92 Å². The normalized spacial score (nSPS) is 15.9. The van der Waals surface area contributed by atoms with Gasteiger partial charge in [-0.1, -0.05) is 0 Å². The molecule has 1 atom stereocenters. The standard InChI is InChI=1S/C21H25.C13H13.C8H8.2ClH.Zr/c1-20(2,3)16-7-9-18-14(12-16)11-15-13-17(21(4,5)6)8-10-19(15)18;1-10-8-11(2)13(9-10)12-6-4-3-5-7-12;1-2-8-6-4-3-5-7-8;;;/h7-10,12H,11H2,1-6H3;3-7,9-10H,1-2H3;3-7H,1H3;2*1H;/q;;;;;+2/p-2. The molecule has 232 valence electrons. The number of benzene rings is 4. The van der Waals surface area contributed by atoms with Gasteiger partial charge >= 0.3 is 269 Å². The Morgan fingerprint density at radius 2 is 1.33 bits per heavy atom. The summed E-state index contributed by atoms with van der Waals surface area (Å²) in [6, 6.07) is 34.6. The zero-order valence-corrected chi connectivity index (χ0v) is 32.2. The summed E-state index contributed by atoms with van der Waals surface area (Å²) in [4.78, 5) is 0. The van der Waals surface area contributed by atoms with Crippen LogP contribution in [0.2, 0.25) is 0 Å². The van der Waals surface area contributed by atoms with Crippen LogP contribution in [0.15, 0.2) is 106 Å². The van der Waals surface area contributed by atoms with E-state index in [1.165, 1.54) is 44.5 Å². The molecule has 3 heteroatoms. The average molecular weight is 713 g/mol. The van der Waals surface area contributed by atoms with Gasteiger partial charge in [0.1, 0.15) is 0 Å². The Bertz CT molecular complexity index is 1810. The van der Waals surface area contributed by atoms with E-state index in [9.17, 15) is 0 Å². The van der Waals surface area contributed by atoms with Crippen LogP contribution in [-0.2, 0) is 38.5 Å². The van der Waals surface area contributed by atoms with Crippen LogP contribution in [0.25, 0.3) is 16.7 Å². The summed E-state index contributed by atoms with van der Waals surface area (Å²) < 4.78 is 5.11. The van der Waals surface area contributed by atoms with Gasteiger partial charge in [0.05, 0.1) is 0 Å². The zero-order valence-electron chi connectivity index (χ0n) is 28.3. The Balaban J connectivity index is 0.00000230. The fourth-order valence-electron chi connectivity index (χ4n) is 7.30. The molecule has 1 unspecified atom stereocenters. The molecule has 0 N–H and O–H groups in total. The van der Waals surface area contributed by atoms with Gasteiger partial charge in [-0.25, -0.2) is 0 Å². The van der Waals surface area contributed by atoms with Crippen molar-refractivity contribution in [1.29, 1.82) is 0 Å². The fraction of sp³-hybridized carbons (Fsp3) is 0.310. The molecule has 2 aliphatic rings. The summed E-state index contributed by atoms with van der Waals surface area (Å²) >= 11 is -2.71. The number of allylic oxidation sites excluding steroid dienone is 4. The first-order valence-electron chi connectivity index (χ1n) is 15.9. The molecule has 4 aromatic carbocycles. The number of rotatable bonds is 4. The smallest absolute Gasteiger partial charge is 1.00 e. The van der Waals surface area contributed by atoms with Crippen molar-refractivity contribution in [2.75, 3.05) is 0 Å². The van der Waals surface area contributed by atoms with Crippen molar-refractivity contribution in [2.45, 2.75) is 79.6 Å². The van der Waals surface area contributed by atoms with Crippen LogP contribution in [-0.4, -0.2) is 3.21 Å². The minimum atomic E-state index is -2.71. The number of halogens is 2. The second-order valence-corrected chi connectivity index (χ2v) is 20.9. The van der Waals surface area contributed by atoms with Crippen molar-refractivity contribution >= 4 is 12.1 Å². The van der Waals surface area contributed by atoms with E-state index in [4.69, 9.17) is 0 Å². The first kappa shape index (κ1) is 35.5. The topological polar surface area (TPSA) is 0 Å². The van der Waals surface area contributed by atoms with Crippen LogP contribution < -0.4 is 28.1 Å². The third-order valence-electron chi connectivity index (χ3n) is 9.62. The summed E-state index contributed by atoms with van der Waals surface area (Å²) in [5, 5.41) is 0. The van der Waals surface area contributed by atoms with E-state index < -0.39 is 21.3 Å². The maximum Gasteiger partial charge on any atom is -1.00 e. The van der Waals surface area contributed by atoms with Crippen LogP contribution in [0.4, 0.5) is 0 Å². The number of hydrogen-bond acceptors (Lipinski definition) is 0. The van der Waals surface area contributed by atoms with E-state index in [-0.39, 0.29) is 35.6 Å². The minimum Gasteiger partial charge on any atom is -1.00 e. The van der Waals surface area contributed by atoms with Crippen LogP contribution in [0.3, 0.4) is 0 Å². The Morgan fingerprint density at radius 1 is 0.733 bits per heavy atom. The summed E-state index contributed by atoms with van der Waals surface area (Å²) in [5.41, 5.74) is 14.9. The van der Waals surface area contributed by atoms with Crippen molar-refractivity contribution < 1.29 is 46.1 Å². The summed E-state index contributed by atoms with van der Waals surface area (Å²) in [7, 11) is 0. The molecule has 2 aliphatic carbocycles. The van der Waals surface area contributed by atoms with E-state index >= 15 is 0 Å². The van der Waals surface area contributed by atoms with Gasteiger partial charge in [0, 0.05) is 0 Å². The fourth-order valence-corrected chi connectivity index (χ4v) is 16.7. The molecular formula is C42H46Cl2Zr. The molecule has 0 saturated carbocycles. The number of hydrogen-bond donors (Lipinski definition) is 0. The van der Waals surface area contributed by atoms with Crippen LogP contribution in [0.5, 0.6) is 0 Å². The Hall–Kier alpha value is -2.31. The van der Waals surface area contributed by atoms with Gasteiger partial charge in [0.25, 0.3) is 0 Å². The van der Waals surface area contributed by atoms with Gasteiger partial charge in [0.2, 0.25) is 0 Å². The van der Waals surface area contributed by atoms with Gasteiger partial charge < -0.3 is 24.8 Å². The molecule has 0 aromatic heterocycles. The zero-order chi connectivity index (χ0) is 30.7. The molecule has 0 aliphatic heterocycles. The molecule has 0 nitrogen and oxygen atoms in total. The second kappa shape index (κ2) is 13.4. The summed E-state index contributed by atoms with van der Waals surface area (Å²) in [6.07, 6.45) is 3.60. The molecule has 0 amide bonds. The van der Waals surface area contributed by atoms with Crippen LogP contribution in [0.1, 0.15) is 95.7 Å². The van der Waals surface area contributed by atoms with E-state index in [0.29, 0.717) is 5.92 Å². The molecule has 0 fully saturated rings. The molecule has 0 radical (unpaired) electrons. The van der Waals surface area contributed by atoms with Gasteiger partial charge in [0.15, 0.2) is 0 Å². The second-order valence-electron chi connectivity index (χ2n) is 14.7. The average Bonchev–Trinajstić information content (AvgIpc) is 3.49. The monoisotopic (exact) mass is 710 g/mol.